The van der Waals surface area contributed by atoms with Crippen LogP contribution in [0.15, 0.2) is 42.9 Å². The molecule has 126 valence electrons. The first-order valence-electron chi connectivity index (χ1n) is 7.19. The number of halogens is 3. The number of rotatable bonds is 3. The van der Waals surface area contributed by atoms with Crippen molar-refractivity contribution >= 4 is 16.8 Å². The summed E-state index contributed by atoms with van der Waals surface area (Å²) in [5, 5.41) is 9.30. The molecule has 0 saturated heterocycles. The molecule has 0 spiro atoms. The monoisotopic (exact) mass is 344 g/mol. The summed E-state index contributed by atoms with van der Waals surface area (Å²) in [7, 11) is 1.81. The second-order valence-corrected chi connectivity index (χ2v) is 5.45. The van der Waals surface area contributed by atoms with Crippen LogP contribution < -0.4 is 0 Å². The van der Waals surface area contributed by atoms with E-state index in [1.807, 2.05) is 6.07 Å². The zero-order valence-electron chi connectivity index (χ0n) is 12.9. The number of fused-ring (bicyclic) bond motifs is 1. The number of hydrogen-bond acceptors (Lipinski definition) is 4. The molecule has 8 heteroatoms. The van der Waals surface area contributed by atoms with Gasteiger partial charge in [0.1, 0.15) is 0 Å². The SMILES string of the molecule is Cn1cnc2cc(C(=O)[C@@H](C#N)c3ccc(C(F)(F)F)cn3)ccc21. The number of aromatic nitrogens is 3. The van der Waals surface area contributed by atoms with E-state index in [1.54, 1.807) is 36.1 Å². The van der Waals surface area contributed by atoms with Crippen LogP contribution in [0.25, 0.3) is 11.0 Å². The summed E-state index contributed by atoms with van der Waals surface area (Å²) >= 11 is 0. The van der Waals surface area contributed by atoms with E-state index in [2.05, 4.69) is 9.97 Å². The van der Waals surface area contributed by atoms with Crippen LogP contribution in [0.5, 0.6) is 0 Å². The Bertz CT molecular complexity index is 984. The Morgan fingerprint density at radius 1 is 1.24 bits per heavy atom. The zero-order valence-corrected chi connectivity index (χ0v) is 12.9. The Labute approximate surface area is 140 Å². The Morgan fingerprint density at radius 2 is 2.00 bits per heavy atom. The van der Waals surface area contributed by atoms with Crippen LogP contribution in [0, 0.1) is 11.3 Å². The van der Waals surface area contributed by atoms with Gasteiger partial charge in [0.2, 0.25) is 0 Å². The maximum Gasteiger partial charge on any atom is 0.417 e. The first-order chi connectivity index (χ1) is 11.8. The minimum atomic E-state index is -4.53. The lowest BCUT2D eigenvalue weighted by Gasteiger charge is -2.10. The van der Waals surface area contributed by atoms with E-state index >= 15 is 0 Å². The van der Waals surface area contributed by atoms with Crippen molar-refractivity contribution in [3.63, 3.8) is 0 Å². The maximum absolute atomic E-state index is 12.6. The van der Waals surface area contributed by atoms with Crippen LogP contribution in [-0.4, -0.2) is 20.3 Å². The highest BCUT2D eigenvalue weighted by Crippen LogP contribution is 2.29. The van der Waals surface area contributed by atoms with E-state index in [9.17, 15) is 23.2 Å². The lowest BCUT2D eigenvalue weighted by atomic mass is 9.95. The van der Waals surface area contributed by atoms with Gasteiger partial charge in [0, 0.05) is 18.8 Å². The quantitative estimate of drug-likeness (QED) is 0.682. The second-order valence-electron chi connectivity index (χ2n) is 5.45. The molecule has 0 bridgehead atoms. The molecule has 2 aromatic heterocycles. The molecule has 5 nitrogen and oxygen atoms in total. The minimum absolute atomic E-state index is 0.0263. The van der Waals surface area contributed by atoms with Crippen LogP contribution in [0.2, 0.25) is 0 Å². The normalized spacial score (nSPS) is 12.8. The van der Waals surface area contributed by atoms with Gasteiger partial charge >= 0.3 is 6.18 Å². The summed E-state index contributed by atoms with van der Waals surface area (Å²) in [4.78, 5) is 20.4. The number of aryl methyl sites for hydroxylation is 1. The number of Topliss-reactive ketones (excluding diaryl/α,β-unsaturated/α-hetero) is 1. The first kappa shape index (κ1) is 16.6. The van der Waals surface area contributed by atoms with Gasteiger partial charge in [-0.25, -0.2) is 4.98 Å². The van der Waals surface area contributed by atoms with Gasteiger partial charge in [-0.05, 0) is 30.3 Å². The Morgan fingerprint density at radius 3 is 2.60 bits per heavy atom. The standard InChI is InChI=1S/C17H11F3N4O/c1-24-9-23-14-6-10(2-5-15(14)24)16(25)12(7-21)13-4-3-11(8-22-13)17(18,19)20/h2-6,8-9,12H,1H3/t12-/m0/s1. The third-order valence-electron chi connectivity index (χ3n) is 3.81. The van der Waals surface area contributed by atoms with Gasteiger partial charge in [0.25, 0.3) is 0 Å². The number of ketones is 1. The fourth-order valence-electron chi connectivity index (χ4n) is 2.46. The van der Waals surface area contributed by atoms with Crippen LogP contribution in [0.1, 0.15) is 27.5 Å². The molecule has 25 heavy (non-hydrogen) atoms. The molecule has 3 rings (SSSR count). The highest BCUT2D eigenvalue weighted by molar-refractivity contribution is 6.04. The van der Waals surface area contributed by atoms with Gasteiger partial charge in [0.15, 0.2) is 11.7 Å². The summed E-state index contributed by atoms with van der Waals surface area (Å²) in [6.45, 7) is 0. The molecule has 1 atom stereocenters. The molecular weight excluding hydrogens is 333 g/mol. The molecule has 1 aromatic carbocycles. The van der Waals surface area contributed by atoms with Crippen molar-refractivity contribution in [2.45, 2.75) is 12.1 Å². The van der Waals surface area contributed by atoms with Crippen molar-refractivity contribution in [2.24, 2.45) is 7.05 Å². The molecule has 0 unspecified atom stereocenters. The first-order valence-corrected chi connectivity index (χ1v) is 7.19. The average molecular weight is 344 g/mol. The molecule has 0 amide bonds. The van der Waals surface area contributed by atoms with Gasteiger partial charge in [-0.15, -0.1) is 0 Å². The molecule has 3 aromatic rings. The van der Waals surface area contributed by atoms with E-state index in [0.717, 1.165) is 17.6 Å². The molecule has 0 aliphatic rings. The van der Waals surface area contributed by atoms with Crippen LogP contribution in [0.3, 0.4) is 0 Å². The van der Waals surface area contributed by atoms with Crippen LogP contribution in [-0.2, 0) is 13.2 Å². The van der Waals surface area contributed by atoms with Crippen molar-refractivity contribution < 1.29 is 18.0 Å². The van der Waals surface area contributed by atoms with Gasteiger partial charge < -0.3 is 4.57 Å². The second kappa shape index (κ2) is 6.02. The third-order valence-corrected chi connectivity index (χ3v) is 3.81. The van der Waals surface area contributed by atoms with Crippen LogP contribution >= 0.6 is 0 Å². The molecule has 0 saturated carbocycles. The number of carbonyl (C=O) groups is 1. The Hall–Kier alpha value is -3.21. The molecule has 0 aliphatic carbocycles. The van der Waals surface area contributed by atoms with Gasteiger partial charge in [-0.2, -0.15) is 18.4 Å². The minimum Gasteiger partial charge on any atom is -0.334 e. The number of nitriles is 1. The van der Waals surface area contributed by atoms with E-state index in [4.69, 9.17) is 0 Å². The largest absolute Gasteiger partial charge is 0.417 e. The van der Waals surface area contributed by atoms with Crippen LogP contribution in [0.4, 0.5) is 13.2 Å². The smallest absolute Gasteiger partial charge is 0.334 e. The van der Waals surface area contributed by atoms with Crippen molar-refractivity contribution in [3.05, 3.63) is 59.7 Å². The number of nitrogens with zero attached hydrogens (tertiary/aromatic N) is 4. The predicted molar refractivity (Wildman–Crippen MR) is 82.6 cm³/mol. The fraction of sp³-hybridized carbons (Fsp3) is 0.176. The van der Waals surface area contributed by atoms with E-state index in [0.29, 0.717) is 11.7 Å². The lowest BCUT2D eigenvalue weighted by Crippen LogP contribution is -2.14. The Balaban J connectivity index is 1.94. The maximum atomic E-state index is 12.6. The average Bonchev–Trinajstić information content (AvgIpc) is 2.96. The number of hydrogen-bond donors (Lipinski definition) is 0. The van der Waals surface area contributed by atoms with Crippen molar-refractivity contribution in [1.29, 1.82) is 5.26 Å². The number of pyridine rings is 1. The summed E-state index contributed by atoms with van der Waals surface area (Å²) in [5.74, 6) is -1.83. The molecule has 0 radical (unpaired) electrons. The molecule has 0 aliphatic heterocycles. The van der Waals surface area contributed by atoms with Crippen molar-refractivity contribution in [1.82, 2.24) is 14.5 Å². The third kappa shape index (κ3) is 3.08. The van der Waals surface area contributed by atoms with Crippen molar-refractivity contribution in [2.75, 3.05) is 0 Å². The molecular formula is C17H11F3N4O. The van der Waals surface area contributed by atoms with E-state index < -0.39 is 23.4 Å². The lowest BCUT2D eigenvalue weighted by molar-refractivity contribution is -0.137. The summed E-state index contributed by atoms with van der Waals surface area (Å²) in [6.07, 6.45) is -2.31. The van der Waals surface area contributed by atoms with E-state index in [-0.39, 0.29) is 11.3 Å². The number of benzene rings is 1. The highest BCUT2D eigenvalue weighted by atomic mass is 19.4. The molecule has 0 N–H and O–H groups in total. The fourth-order valence-corrected chi connectivity index (χ4v) is 2.46. The van der Waals surface area contributed by atoms with Gasteiger partial charge in [0.05, 0.1) is 34.7 Å². The number of carbonyl (C=O) groups excluding carboxylic acids is 1. The number of alkyl halides is 3. The molecule has 2 heterocycles. The van der Waals surface area contributed by atoms with E-state index in [1.165, 1.54) is 0 Å². The summed E-state index contributed by atoms with van der Waals surface area (Å²) in [6, 6.07) is 8.47. The predicted octanol–water partition coefficient (Wildman–Crippen LogP) is 3.48. The van der Waals surface area contributed by atoms with Gasteiger partial charge in [-0.3, -0.25) is 9.78 Å². The number of imidazole rings is 1. The van der Waals surface area contributed by atoms with Crippen molar-refractivity contribution in [3.8, 4) is 6.07 Å². The summed E-state index contributed by atoms with van der Waals surface area (Å²) < 4.78 is 39.6. The zero-order chi connectivity index (χ0) is 18.2. The Kier molecular flexibility index (Phi) is 4.00. The topological polar surface area (TPSA) is 71.6 Å². The highest BCUT2D eigenvalue weighted by Gasteiger charge is 2.31. The molecule has 0 fully saturated rings. The van der Waals surface area contributed by atoms with Gasteiger partial charge in [-0.1, -0.05) is 0 Å². The summed E-state index contributed by atoms with van der Waals surface area (Å²) in [5.41, 5.74) is 0.694.